The predicted octanol–water partition coefficient (Wildman–Crippen LogP) is 3.66. The molecular formula is C14H20F3N. The Morgan fingerprint density at radius 2 is 1.56 bits per heavy atom. The summed E-state index contributed by atoms with van der Waals surface area (Å²) in [7, 11) is 0. The molecule has 0 saturated heterocycles. The topological polar surface area (TPSA) is 26.0 Å². The van der Waals surface area contributed by atoms with E-state index in [0.717, 1.165) is 5.56 Å². The SMILES string of the molecule is CC(C)(C)c1ccc(CC(CN)C(F)(F)F)cc1. The molecule has 0 amide bonds. The van der Waals surface area contributed by atoms with Crippen LogP contribution in [0.15, 0.2) is 24.3 Å². The Kier molecular flexibility index (Phi) is 4.43. The van der Waals surface area contributed by atoms with E-state index in [-0.39, 0.29) is 18.4 Å². The van der Waals surface area contributed by atoms with Gasteiger partial charge in [-0.1, -0.05) is 45.0 Å². The molecule has 0 bridgehead atoms. The maximum Gasteiger partial charge on any atom is 0.393 e. The first-order chi connectivity index (χ1) is 8.14. The molecule has 1 unspecified atom stereocenters. The number of nitrogens with two attached hydrogens (primary N) is 1. The molecule has 0 aliphatic heterocycles. The molecule has 0 fully saturated rings. The number of benzene rings is 1. The fraction of sp³-hybridized carbons (Fsp3) is 0.571. The van der Waals surface area contributed by atoms with Crippen molar-refractivity contribution < 1.29 is 13.2 Å². The van der Waals surface area contributed by atoms with Crippen molar-refractivity contribution in [2.24, 2.45) is 11.7 Å². The van der Waals surface area contributed by atoms with Crippen molar-refractivity contribution >= 4 is 0 Å². The smallest absolute Gasteiger partial charge is 0.330 e. The van der Waals surface area contributed by atoms with Crippen LogP contribution in [0.25, 0.3) is 0 Å². The first-order valence-electron chi connectivity index (χ1n) is 6.01. The Bertz CT molecular complexity index is 374. The van der Waals surface area contributed by atoms with Crippen molar-refractivity contribution in [1.82, 2.24) is 0 Å². The lowest BCUT2D eigenvalue weighted by Crippen LogP contribution is -2.31. The second-order valence-corrected chi connectivity index (χ2v) is 5.63. The van der Waals surface area contributed by atoms with Gasteiger partial charge in [0.05, 0.1) is 5.92 Å². The molecule has 0 radical (unpaired) electrons. The highest BCUT2D eigenvalue weighted by molar-refractivity contribution is 5.27. The molecule has 0 aromatic heterocycles. The summed E-state index contributed by atoms with van der Waals surface area (Å²) < 4.78 is 37.8. The molecule has 1 rings (SSSR count). The van der Waals surface area contributed by atoms with Crippen molar-refractivity contribution in [1.29, 1.82) is 0 Å². The van der Waals surface area contributed by atoms with E-state index in [0.29, 0.717) is 5.56 Å². The van der Waals surface area contributed by atoms with Crippen LogP contribution in [0.1, 0.15) is 31.9 Å². The van der Waals surface area contributed by atoms with Crippen molar-refractivity contribution in [3.05, 3.63) is 35.4 Å². The molecule has 0 aliphatic carbocycles. The number of alkyl halides is 3. The van der Waals surface area contributed by atoms with Crippen LogP contribution in [-0.4, -0.2) is 12.7 Å². The van der Waals surface area contributed by atoms with Crippen LogP contribution in [-0.2, 0) is 11.8 Å². The maximum atomic E-state index is 12.6. The molecule has 1 nitrogen and oxygen atoms in total. The molecule has 0 heterocycles. The Morgan fingerprint density at radius 3 is 1.89 bits per heavy atom. The van der Waals surface area contributed by atoms with Gasteiger partial charge in [0.25, 0.3) is 0 Å². The summed E-state index contributed by atoms with van der Waals surface area (Å²) in [5.74, 6) is -1.46. The van der Waals surface area contributed by atoms with Crippen LogP contribution in [0.2, 0.25) is 0 Å². The number of halogens is 3. The van der Waals surface area contributed by atoms with Crippen molar-refractivity contribution in [2.45, 2.75) is 38.8 Å². The predicted molar refractivity (Wildman–Crippen MR) is 67.4 cm³/mol. The van der Waals surface area contributed by atoms with E-state index in [4.69, 9.17) is 5.73 Å². The van der Waals surface area contributed by atoms with Gasteiger partial charge in [-0.05, 0) is 23.0 Å². The van der Waals surface area contributed by atoms with Gasteiger partial charge in [0.15, 0.2) is 0 Å². The van der Waals surface area contributed by atoms with Crippen LogP contribution < -0.4 is 5.73 Å². The minimum Gasteiger partial charge on any atom is -0.330 e. The van der Waals surface area contributed by atoms with Gasteiger partial charge in [0.2, 0.25) is 0 Å². The molecule has 0 saturated carbocycles. The summed E-state index contributed by atoms with van der Waals surface area (Å²) in [6.07, 6.45) is -4.28. The average molecular weight is 259 g/mol. The van der Waals surface area contributed by atoms with E-state index < -0.39 is 12.1 Å². The van der Waals surface area contributed by atoms with Crippen molar-refractivity contribution in [3.63, 3.8) is 0 Å². The van der Waals surface area contributed by atoms with Crippen LogP contribution in [0.5, 0.6) is 0 Å². The zero-order valence-electron chi connectivity index (χ0n) is 11.0. The zero-order chi connectivity index (χ0) is 14.0. The van der Waals surface area contributed by atoms with Gasteiger partial charge in [-0.2, -0.15) is 13.2 Å². The quantitative estimate of drug-likeness (QED) is 0.880. The minimum absolute atomic E-state index is 0.00975. The summed E-state index contributed by atoms with van der Waals surface area (Å²) in [6, 6.07) is 7.29. The standard InChI is InChI=1S/C14H20F3N/c1-13(2,3)11-6-4-10(5-7-11)8-12(9-18)14(15,16)17/h4-7,12H,8-9,18H2,1-3H3. The number of hydrogen-bond acceptors (Lipinski definition) is 1. The van der Waals surface area contributed by atoms with E-state index in [9.17, 15) is 13.2 Å². The first kappa shape index (κ1) is 15.0. The van der Waals surface area contributed by atoms with Gasteiger partial charge >= 0.3 is 6.18 Å². The average Bonchev–Trinajstić information content (AvgIpc) is 2.23. The summed E-state index contributed by atoms with van der Waals surface area (Å²) in [5.41, 5.74) is 6.99. The third kappa shape index (κ3) is 4.02. The van der Waals surface area contributed by atoms with Gasteiger partial charge in [0, 0.05) is 6.54 Å². The molecule has 0 aliphatic rings. The van der Waals surface area contributed by atoms with Gasteiger partial charge < -0.3 is 5.73 Å². The summed E-state index contributed by atoms with van der Waals surface area (Å²) in [5, 5.41) is 0. The molecule has 2 N–H and O–H groups in total. The van der Waals surface area contributed by atoms with Gasteiger partial charge in [-0.3, -0.25) is 0 Å². The summed E-state index contributed by atoms with van der Waals surface area (Å²) in [4.78, 5) is 0. The van der Waals surface area contributed by atoms with E-state index in [1.54, 1.807) is 12.1 Å². The number of rotatable bonds is 3. The monoisotopic (exact) mass is 259 g/mol. The lowest BCUT2D eigenvalue weighted by molar-refractivity contribution is -0.171. The third-order valence-electron chi connectivity index (χ3n) is 3.05. The second-order valence-electron chi connectivity index (χ2n) is 5.63. The van der Waals surface area contributed by atoms with Crippen LogP contribution in [0.3, 0.4) is 0 Å². The largest absolute Gasteiger partial charge is 0.393 e. The molecule has 0 spiro atoms. The van der Waals surface area contributed by atoms with Gasteiger partial charge in [0.1, 0.15) is 0 Å². The molecule has 1 aromatic carbocycles. The second kappa shape index (κ2) is 5.31. The molecule has 102 valence electrons. The Hall–Kier alpha value is -1.03. The molecule has 1 atom stereocenters. The highest BCUT2D eigenvalue weighted by atomic mass is 19.4. The summed E-state index contributed by atoms with van der Waals surface area (Å²) >= 11 is 0. The van der Waals surface area contributed by atoms with Crippen molar-refractivity contribution in [3.8, 4) is 0 Å². The first-order valence-corrected chi connectivity index (χ1v) is 6.01. The fourth-order valence-electron chi connectivity index (χ4n) is 1.76. The van der Waals surface area contributed by atoms with Gasteiger partial charge in [-0.15, -0.1) is 0 Å². The molecule has 4 heteroatoms. The van der Waals surface area contributed by atoms with Gasteiger partial charge in [-0.25, -0.2) is 0 Å². The zero-order valence-corrected chi connectivity index (χ0v) is 11.0. The van der Waals surface area contributed by atoms with Crippen LogP contribution in [0, 0.1) is 5.92 Å². The molecule has 18 heavy (non-hydrogen) atoms. The fourth-order valence-corrected chi connectivity index (χ4v) is 1.76. The van der Waals surface area contributed by atoms with E-state index in [1.165, 1.54) is 0 Å². The van der Waals surface area contributed by atoms with E-state index in [2.05, 4.69) is 20.8 Å². The van der Waals surface area contributed by atoms with Crippen LogP contribution >= 0.6 is 0 Å². The normalized spacial score (nSPS) is 14.6. The maximum absolute atomic E-state index is 12.6. The van der Waals surface area contributed by atoms with Crippen molar-refractivity contribution in [2.75, 3.05) is 6.54 Å². The lowest BCUT2D eigenvalue weighted by atomic mass is 9.86. The molecular weight excluding hydrogens is 239 g/mol. The summed E-state index contributed by atoms with van der Waals surface area (Å²) in [6.45, 7) is 5.84. The minimum atomic E-state index is -4.22. The highest BCUT2D eigenvalue weighted by Crippen LogP contribution is 2.29. The van der Waals surface area contributed by atoms with E-state index in [1.807, 2.05) is 12.1 Å². The highest BCUT2D eigenvalue weighted by Gasteiger charge is 2.38. The Morgan fingerprint density at radius 1 is 1.06 bits per heavy atom. The third-order valence-corrected chi connectivity index (χ3v) is 3.05. The van der Waals surface area contributed by atoms with Crippen LogP contribution in [0.4, 0.5) is 13.2 Å². The Labute approximate surface area is 106 Å². The number of hydrogen-bond donors (Lipinski definition) is 1. The molecule has 1 aromatic rings. The Balaban J connectivity index is 2.81. The lowest BCUT2D eigenvalue weighted by Gasteiger charge is -2.21. The van der Waals surface area contributed by atoms with E-state index >= 15 is 0 Å².